The van der Waals surface area contributed by atoms with Gasteiger partial charge in [0.15, 0.2) is 5.60 Å². The fourth-order valence-electron chi connectivity index (χ4n) is 6.94. The Bertz CT molecular complexity index is 2230. The molecule has 0 atom stereocenters. The van der Waals surface area contributed by atoms with E-state index in [9.17, 15) is 4.79 Å². The third-order valence-electron chi connectivity index (χ3n) is 9.46. The molecule has 5 aromatic rings. The second-order valence-corrected chi connectivity index (χ2v) is 16.0. The molecular formula is C46H44Cl4N2O4. The largest absolute Gasteiger partial charge is 0.497 e. The van der Waals surface area contributed by atoms with Crippen LogP contribution in [0.4, 0.5) is 11.4 Å². The summed E-state index contributed by atoms with van der Waals surface area (Å²) in [4.78, 5) is 14.3. The molecule has 1 aliphatic rings. The topological polar surface area (TPSA) is 68.8 Å². The molecule has 0 bridgehead atoms. The highest BCUT2D eigenvalue weighted by molar-refractivity contribution is 6.53. The molecule has 0 amide bonds. The van der Waals surface area contributed by atoms with Crippen LogP contribution in [0.5, 0.6) is 11.5 Å². The molecule has 0 aromatic heterocycles. The van der Waals surface area contributed by atoms with Gasteiger partial charge in [0.25, 0.3) is 0 Å². The molecule has 2 N–H and O–H groups in total. The van der Waals surface area contributed by atoms with Crippen LogP contribution in [-0.2, 0) is 10.3 Å². The quantitative estimate of drug-likeness (QED) is 0.0742. The van der Waals surface area contributed by atoms with Gasteiger partial charge >= 0.3 is 5.97 Å². The third kappa shape index (κ3) is 8.26. The van der Waals surface area contributed by atoms with Crippen molar-refractivity contribution in [1.29, 1.82) is 0 Å². The van der Waals surface area contributed by atoms with Crippen molar-refractivity contribution < 1.29 is 19.0 Å². The van der Waals surface area contributed by atoms with E-state index in [0.29, 0.717) is 11.5 Å². The van der Waals surface area contributed by atoms with Crippen LogP contribution in [-0.4, -0.2) is 32.3 Å². The van der Waals surface area contributed by atoms with Crippen molar-refractivity contribution in [2.24, 2.45) is 0 Å². The fourth-order valence-corrected chi connectivity index (χ4v) is 8.02. The summed E-state index contributed by atoms with van der Waals surface area (Å²) in [6.45, 7) is 12.4. The minimum Gasteiger partial charge on any atom is -0.497 e. The summed E-state index contributed by atoms with van der Waals surface area (Å²) in [6.07, 6.45) is 3.85. The van der Waals surface area contributed by atoms with Crippen molar-refractivity contribution >= 4 is 74.9 Å². The number of rotatable bonds is 12. The lowest BCUT2D eigenvalue weighted by atomic mass is 9.82. The van der Waals surface area contributed by atoms with Gasteiger partial charge in [-0.05, 0) is 123 Å². The predicted octanol–water partition coefficient (Wildman–Crippen LogP) is 13.2. The van der Waals surface area contributed by atoms with Crippen molar-refractivity contribution in [2.45, 2.75) is 59.2 Å². The summed E-state index contributed by atoms with van der Waals surface area (Å²) in [5.74, 6) is 0.676. The molecule has 0 radical (unpaired) electrons. The molecule has 1 aliphatic heterocycles. The van der Waals surface area contributed by atoms with Crippen molar-refractivity contribution in [1.82, 2.24) is 0 Å². The summed E-state index contributed by atoms with van der Waals surface area (Å²) in [7, 11) is 3.25. The number of anilines is 2. The minimum absolute atomic E-state index is 0.00792. The number of aryl methyl sites for hydroxylation is 2. The van der Waals surface area contributed by atoms with Gasteiger partial charge in [-0.3, -0.25) is 0 Å². The first-order chi connectivity index (χ1) is 26.7. The van der Waals surface area contributed by atoms with Gasteiger partial charge in [-0.15, -0.1) is 0 Å². The van der Waals surface area contributed by atoms with Gasteiger partial charge in [0.05, 0.1) is 39.9 Å². The average molecular weight is 831 g/mol. The van der Waals surface area contributed by atoms with Gasteiger partial charge in [0.1, 0.15) is 11.5 Å². The Labute approximate surface area is 349 Å². The summed E-state index contributed by atoms with van der Waals surface area (Å²) in [5.41, 5.74) is 7.39. The molecule has 0 unspecified atom stereocenters. The van der Waals surface area contributed by atoms with Crippen molar-refractivity contribution in [2.75, 3.05) is 24.9 Å². The highest BCUT2D eigenvalue weighted by Crippen LogP contribution is 2.54. The van der Waals surface area contributed by atoms with E-state index in [1.165, 1.54) is 0 Å². The van der Waals surface area contributed by atoms with Crippen molar-refractivity contribution in [3.63, 3.8) is 0 Å². The van der Waals surface area contributed by atoms with Gasteiger partial charge < -0.3 is 24.8 Å². The molecule has 10 heteroatoms. The van der Waals surface area contributed by atoms with Gasteiger partial charge in [-0.2, -0.15) is 0 Å². The van der Waals surface area contributed by atoms with Gasteiger partial charge in [-0.25, -0.2) is 4.79 Å². The van der Waals surface area contributed by atoms with Crippen molar-refractivity contribution in [3.05, 3.63) is 162 Å². The first-order valence-corrected chi connectivity index (χ1v) is 19.8. The Morgan fingerprint density at radius 2 is 1.04 bits per heavy atom. The zero-order valence-corrected chi connectivity index (χ0v) is 35.6. The Morgan fingerprint density at radius 3 is 1.43 bits per heavy atom. The minimum atomic E-state index is -1.69. The van der Waals surface area contributed by atoms with Crippen LogP contribution in [0.25, 0.3) is 11.1 Å². The molecule has 0 saturated carbocycles. The number of carbonyl (C=O) groups is 1. The fraction of sp³-hybridized carbons (Fsp3) is 0.239. The highest BCUT2D eigenvalue weighted by Gasteiger charge is 2.48. The van der Waals surface area contributed by atoms with Crippen LogP contribution in [0, 0.1) is 13.8 Å². The van der Waals surface area contributed by atoms with Crippen LogP contribution in [0.15, 0.2) is 97.1 Å². The second-order valence-electron chi connectivity index (χ2n) is 14.5. The van der Waals surface area contributed by atoms with Gasteiger partial charge in [0.2, 0.25) is 0 Å². The summed E-state index contributed by atoms with van der Waals surface area (Å²) in [5, 5.41) is 7.23. The molecule has 0 saturated heterocycles. The number of benzene rings is 5. The number of methoxy groups -OCH3 is 2. The van der Waals surface area contributed by atoms with Crippen LogP contribution < -0.4 is 20.1 Å². The normalized spacial score (nSPS) is 15.6. The van der Waals surface area contributed by atoms with E-state index in [2.05, 4.69) is 74.7 Å². The maximum Gasteiger partial charge on any atom is 0.341 e. The zero-order valence-electron chi connectivity index (χ0n) is 32.5. The lowest BCUT2D eigenvalue weighted by Crippen LogP contribution is -2.23. The smallest absolute Gasteiger partial charge is 0.341 e. The van der Waals surface area contributed by atoms with Crippen LogP contribution in [0.1, 0.15) is 77.0 Å². The van der Waals surface area contributed by atoms with E-state index < -0.39 is 11.6 Å². The number of halogens is 4. The third-order valence-corrected chi connectivity index (χ3v) is 11.3. The van der Waals surface area contributed by atoms with E-state index in [4.69, 9.17) is 60.6 Å². The molecule has 290 valence electrons. The number of hydrogen-bond donors (Lipinski definition) is 2. The van der Waals surface area contributed by atoms with E-state index in [0.717, 1.165) is 55.9 Å². The van der Waals surface area contributed by atoms with E-state index in [1.54, 1.807) is 14.2 Å². The highest BCUT2D eigenvalue weighted by atomic mass is 35.5. The molecule has 1 heterocycles. The van der Waals surface area contributed by atoms with Crippen LogP contribution >= 0.6 is 46.4 Å². The van der Waals surface area contributed by atoms with Crippen molar-refractivity contribution in [3.8, 4) is 11.5 Å². The number of carbonyl (C=O) groups excluding carboxylic acids is 1. The second kappa shape index (κ2) is 16.9. The first-order valence-electron chi connectivity index (χ1n) is 18.3. The number of ether oxygens (including phenoxy) is 3. The summed E-state index contributed by atoms with van der Waals surface area (Å²) in [6, 6.07) is 28.1. The average Bonchev–Trinajstić information content (AvgIpc) is 3.45. The standard InChI is InChI=1S/C46H44Cl4N2O4/c1-25(2)51-37-21-27(5)9-19-33(37)35(29-11-15-31(54-7)16-12-29)23-46(40-39(45(53)56-46)41(47)43(49)44(50)42(40)48)24-36(30-13-17-32(55-8)18-14-30)34-20-10-28(6)22-38(34)52-26(3)4/h9-26,51-52H,1-8H3. The zero-order chi connectivity index (χ0) is 40.5. The molecule has 0 aliphatic carbocycles. The maximum absolute atomic E-state index is 14.3. The SMILES string of the molecule is COc1ccc(C(=CC2(C=C(c3ccc(OC)cc3)c3ccc(C)cc3NC(C)C)OC(=O)c3c(Cl)c(Cl)c(Cl)c(Cl)c32)c2ccc(C)cc2NC(C)C)cc1. The number of cyclic esters (lactones) is 1. The Hall–Kier alpha value is -4.59. The molecule has 0 fully saturated rings. The first kappa shape index (κ1) is 41.1. The monoisotopic (exact) mass is 828 g/mol. The Morgan fingerprint density at radius 1 is 0.625 bits per heavy atom. The Kier molecular flexibility index (Phi) is 12.4. The maximum atomic E-state index is 14.3. The number of hydrogen-bond acceptors (Lipinski definition) is 6. The van der Waals surface area contributed by atoms with E-state index in [1.807, 2.05) is 74.5 Å². The number of nitrogens with one attached hydrogen (secondary N) is 2. The van der Waals surface area contributed by atoms with Crippen LogP contribution in [0.3, 0.4) is 0 Å². The Balaban J connectivity index is 1.81. The lowest BCUT2D eigenvalue weighted by molar-refractivity contribution is 0.0300. The number of esters is 1. The number of fused-ring (bicyclic) bond motifs is 1. The molecular weight excluding hydrogens is 786 g/mol. The molecule has 5 aromatic carbocycles. The molecule has 6 nitrogen and oxygen atoms in total. The lowest BCUT2D eigenvalue weighted by Gasteiger charge is -2.28. The van der Waals surface area contributed by atoms with E-state index >= 15 is 0 Å². The molecule has 6 rings (SSSR count). The summed E-state index contributed by atoms with van der Waals surface area (Å²) < 4.78 is 17.7. The van der Waals surface area contributed by atoms with Gasteiger partial charge in [-0.1, -0.05) is 94.9 Å². The van der Waals surface area contributed by atoms with Crippen LogP contribution in [0.2, 0.25) is 20.1 Å². The molecule has 0 spiro atoms. The van der Waals surface area contributed by atoms with Gasteiger partial charge in [0, 0.05) is 40.1 Å². The molecule has 56 heavy (non-hydrogen) atoms. The summed E-state index contributed by atoms with van der Waals surface area (Å²) >= 11 is 27.6. The van der Waals surface area contributed by atoms with E-state index in [-0.39, 0.29) is 43.3 Å². The predicted molar refractivity (Wildman–Crippen MR) is 234 cm³/mol.